The van der Waals surface area contributed by atoms with Crippen LogP contribution in [0.1, 0.15) is 71.6 Å². The fourth-order valence-electron chi connectivity index (χ4n) is 8.06. The van der Waals surface area contributed by atoms with Crippen LogP contribution in [0.2, 0.25) is 0 Å². The molecular weight excluding hydrogens is 300 g/mol. The summed E-state index contributed by atoms with van der Waals surface area (Å²) in [7, 11) is 0. The second-order valence-electron chi connectivity index (χ2n) is 10.1. The van der Waals surface area contributed by atoms with Crippen LogP contribution in [0.15, 0.2) is 0 Å². The van der Waals surface area contributed by atoms with Crippen molar-refractivity contribution in [2.45, 2.75) is 83.5 Å². The summed E-state index contributed by atoms with van der Waals surface area (Å²) < 4.78 is 12.3. The minimum absolute atomic E-state index is 0.0619. The molecule has 0 amide bonds. The predicted octanol–water partition coefficient (Wildman–Crippen LogP) is 4.13. The smallest absolute Gasteiger partial charge is 0.169 e. The normalized spacial score (nSPS) is 55.9. The van der Waals surface area contributed by atoms with Gasteiger partial charge in [0.1, 0.15) is 0 Å². The number of hydrogen-bond acceptors (Lipinski definition) is 3. The van der Waals surface area contributed by atoms with E-state index in [2.05, 4.69) is 13.8 Å². The molecule has 4 saturated carbocycles. The van der Waals surface area contributed by atoms with Crippen LogP contribution in [0.25, 0.3) is 0 Å². The van der Waals surface area contributed by atoms with E-state index in [1.807, 2.05) is 0 Å². The lowest BCUT2D eigenvalue weighted by molar-refractivity contribution is -0.239. The molecule has 7 atom stereocenters. The molecule has 4 aliphatic carbocycles. The fourth-order valence-corrected chi connectivity index (χ4v) is 8.06. The molecule has 1 N–H and O–H groups in total. The Morgan fingerprint density at radius 2 is 1.54 bits per heavy atom. The number of fused-ring (bicyclic) bond motifs is 5. The highest BCUT2D eigenvalue weighted by Gasteiger charge is 2.62. The zero-order chi connectivity index (χ0) is 16.6. The molecule has 0 aromatic heterocycles. The summed E-state index contributed by atoms with van der Waals surface area (Å²) >= 11 is 0. The summed E-state index contributed by atoms with van der Waals surface area (Å²) in [4.78, 5) is 0. The van der Waals surface area contributed by atoms with Gasteiger partial charge in [0.05, 0.1) is 19.3 Å². The third-order valence-electron chi connectivity index (χ3n) is 9.35. The lowest BCUT2D eigenvalue weighted by atomic mass is 9.44. The second-order valence-corrected chi connectivity index (χ2v) is 10.1. The van der Waals surface area contributed by atoms with Crippen molar-refractivity contribution in [3.05, 3.63) is 0 Å². The van der Waals surface area contributed by atoms with Crippen LogP contribution >= 0.6 is 0 Å². The van der Waals surface area contributed by atoms with Crippen LogP contribution in [0, 0.1) is 34.5 Å². The van der Waals surface area contributed by atoms with E-state index in [1.54, 1.807) is 0 Å². The number of ether oxygens (including phenoxy) is 2. The van der Waals surface area contributed by atoms with Gasteiger partial charge in [0, 0.05) is 12.8 Å². The molecule has 5 fully saturated rings. The Labute approximate surface area is 146 Å². The van der Waals surface area contributed by atoms with Gasteiger partial charge in [-0.05, 0) is 79.4 Å². The van der Waals surface area contributed by atoms with Gasteiger partial charge in [-0.15, -0.1) is 0 Å². The highest BCUT2D eigenvalue weighted by molar-refractivity contribution is 5.10. The summed E-state index contributed by atoms with van der Waals surface area (Å²) in [6, 6.07) is 0. The van der Waals surface area contributed by atoms with E-state index in [-0.39, 0.29) is 17.3 Å². The maximum atomic E-state index is 10.6. The molecule has 0 bridgehead atoms. The zero-order valence-electron chi connectivity index (χ0n) is 15.4. The number of hydrogen-bond donors (Lipinski definition) is 1. The standard InChI is InChI=1S/C21H34O3/c1-19-9-8-17-15(16(19)5-6-18(19)22)4-3-14-7-10-21(13-20(14,17)2)23-11-12-24-21/h14-18,22H,3-13H2,1-2H3/t14-,15-,16-,17-,18+,19+,20-/m0/s1. The lowest BCUT2D eigenvalue weighted by Crippen LogP contribution is -2.57. The first-order valence-electron chi connectivity index (χ1n) is 10.4. The van der Waals surface area contributed by atoms with Gasteiger partial charge in [0.2, 0.25) is 0 Å². The monoisotopic (exact) mass is 334 g/mol. The maximum absolute atomic E-state index is 10.6. The maximum Gasteiger partial charge on any atom is 0.169 e. The van der Waals surface area contributed by atoms with Gasteiger partial charge < -0.3 is 14.6 Å². The van der Waals surface area contributed by atoms with Crippen molar-refractivity contribution in [1.82, 2.24) is 0 Å². The fraction of sp³-hybridized carbons (Fsp3) is 1.00. The molecule has 0 aromatic rings. The Balaban J connectivity index is 1.46. The second kappa shape index (κ2) is 5.20. The van der Waals surface area contributed by atoms with Crippen LogP contribution < -0.4 is 0 Å². The van der Waals surface area contributed by atoms with Gasteiger partial charge in [-0.1, -0.05) is 13.8 Å². The first-order valence-corrected chi connectivity index (χ1v) is 10.4. The Morgan fingerprint density at radius 1 is 0.792 bits per heavy atom. The molecule has 3 heteroatoms. The van der Waals surface area contributed by atoms with E-state index < -0.39 is 0 Å². The van der Waals surface area contributed by atoms with E-state index in [0.29, 0.717) is 5.41 Å². The number of aliphatic hydroxyl groups excluding tert-OH is 1. The van der Waals surface area contributed by atoms with Gasteiger partial charge in [0.15, 0.2) is 5.79 Å². The number of aliphatic hydroxyl groups is 1. The molecular formula is C21H34O3. The largest absolute Gasteiger partial charge is 0.393 e. The molecule has 5 aliphatic rings. The molecule has 136 valence electrons. The third kappa shape index (κ3) is 2.01. The Bertz CT molecular complexity index is 513. The van der Waals surface area contributed by atoms with Crippen molar-refractivity contribution in [3.8, 4) is 0 Å². The van der Waals surface area contributed by atoms with E-state index in [0.717, 1.165) is 56.1 Å². The van der Waals surface area contributed by atoms with Crippen molar-refractivity contribution in [2.24, 2.45) is 34.5 Å². The summed E-state index contributed by atoms with van der Waals surface area (Å²) in [6.07, 6.45) is 11.0. The van der Waals surface area contributed by atoms with Crippen LogP contribution in [0.5, 0.6) is 0 Å². The highest BCUT2D eigenvalue weighted by atomic mass is 16.7. The van der Waals surface area contributed by atoms with Gasteiger partial charge in [-0.2, -0.15) is 0 Å². The molecule has 0 unspecified atom stereocenters. The summed E-state index contributed by atoms with van der Waals surface area (Å²) in [5, 5.41) is 10.6. The van der Waals surface area contributed by atoms with Crippen LogP contribution in [-0.4, -0.2) is 30.2 Å². The van der Waals surface area contributed by atoms with E-state index in [4.69, 9.17) is 9.47 Å². The molecule has 1 heterocycles. The van der Waals surface area contributed by atoms with Gasteiger partial charge in [-0.3, -0.25) is 0 Å². The van der Waals surface area contributed by atoms with Crippen LogP contribution in [0.3, 0.4) is 0 Å². The Morgan fingerprint density at radius 3 is 2.33 bits per heavy atom. The van der Waals surface area contributed by atoms with Crippen molar-refractivity contribution in [3.63, 3.8) is 0 Å². The van der Waals surface area contributed by atoms with Crippen molar-refractivity contribution < 1.29 is 14.6 Å². The van der Waals surface area contributed by atoms with Crippen molar-refractivity contribution >= 4 is 0 Å². The van der Waals surface area contributed by atoms with Crippen LogP contribution in [-0.2, 0) is 9.47 Å². The first kappa shape index (κ1) is 16.1. The van der Waals surface area contributed by atoms with Crippen molar-refractivity contribution in [2.75, 3.05) is 13.2 Å². The van der Waals surface area contributed by atoms with Gasteiger partial charge >= 0.3 is 0 Å². The van der Waals surface area contributed by atoms with E-state index in [9.17, 15) is 5.11 Å². The lowest BCUT2D eigenvalue weighted by Gasteiger charge is -2.62. The average Bonchev–Trinajstić information content (AvgIpc) is 3.12. The SMILES string of the molecule is C[C@]12CC3(CC[C@@H]1CC[C@@H]1[C@@H]2CC[C@@]2(C)[C@H](O)CC[C@@H]12)OCCO3. The van der Waals surface area contributed by atoms with E-state index >= 15 is 0 Å². The first-order chi connectivity index (χ1) is 11.5. The minimum Gasteiger partial charge on any atom is -0.393 e. The quantitative estimate of drug-likeness (QED) is 0.724. The Kier molecular flexibility index (Phi) is 3.49. The van der Waals surface area contributed by atoms with Gasteiger partial charge in [0.25, 0.3) is 0 Å². The predicted molar refractivity (Wildman–Crippen MR) is 92.4 cm³/mol. The topological polar surface area (TPSA) is 38.7 Å². The van der Waals surface area contributed by atoms with Gasteiger partial charge in [-0.25, -0.2) is 0 Å². The molecule has 1 aliphatic heterocycles. The van der Waals surface area contributed by atoms with Crippen LogP contribution in [0.4, 0.5) is 0 Å². The third-order valence-corrected chi connectivity index (χ3v) is 9.35. The average molecular weight is 335 g/mol. The molecule has 24 heavy (non-hydrogen) atoms. The number of rotatable bonds is 0. The summed E-state index contributed by atoms with van der Waals surface area (Å²) in [5.41, 5.74) is 0.567. The molecule has 1 saturated heterocycles. The highest BCUT2D eigenvalue weighted by Crippen LogP contribution is 2.67. The summed E-state index contributed by atoms with van der Waals surface area (Å²) in [5.74, 6) is 2.96. The Hall–Kier alpha value is -0.120. The molecule has 0 aromatic carbocycles. The minimum atomic E-state index is -0.261. The molecule has 5 rings (SSSR count). The summed E-state index contributed by atoms with van der Waals surface area (Å²) in [6.45, 7) is 6.50. The van der Waals surface area contributed by atoms with Crippen molar-refractivity contribution in [1.29, 1.82) is 0 Å². The molecule has 0 radical (unpaired) electrons. The molecule has 3 nitrogen and oxygen atoms in total. The zero-order valence-corrected chi connectivity index (χ0v) is 15.4. The molecule has 1 spiro atoms. The van der Waals surface area contributed by atoms with E-state index in [1.165, 1.54) is 38.5 Å².